The van der Waals surface area contributed by atoms with Crippen LogP contribution in [0.5, 0.6) is 0 Å². The van der Waals surface area contributed by atoms with Crippen LogP contribution in [0.25, 0.3) is 0 Å². The van der Waals surface area contributed by atoms with Crippen molar-refractivity contribution in [2.24, 2.45) is 5.73 Å². The average molecular weight is 286 g/mol. The van der Waals surface area contributed by atoms with E-state index in [1.807, 2.05) is 13.8 Å². The Morgan fingerprint density at radius 3 is 2.89 bits per heavy atom. The van der Waals surface area contributed by atoms with E-state index in [-0.39, 0.29) is 17.1 Å². The van der Waals surface area contributed by atoms with Crippen molar-refractivity contribution in [2.75, 3.05) is 6.54 Å². The monoisotopic (exact) mass is 286 g/mol. The van der Waals surface area contributed by atoms with E-state index in [4.69, 9.17) is 5.73 Å². The molecule has 0 amide bonds. The van der Waals surface area contributed by atoms with Crippen LogP contribution in [0, 0.1) is 0 Å². The third kappa shape index (κ3) is 2.82. The second kappa shape index (κ2) is 5.60. The molecule has 2 heterocycles. The van der Waals surface area contributed by atoms with Crippen LogP contribution in [0.3, 0.4) is 0 Å². The molecule has 0 aliphatic carbocycles. The SMILES string of the molecule is CCc1ncc(S(=O)(=O)N2CCCCC2C(C)N)[nH]1. The van der Waals surface area contributed by atoms with Crippen LogP contribution in [0.15, 0.2) is 11.2 Å². The van der Waals surface area contributed by atoms with E-state index >= 15 is 0 Å². The van der Waals surface area contributed by atoms with E-state index in [9.17, 15) is 8.42 Å². The van der Waals surface area contributed by atoms with Crippen LogP contribution in [-0.4, -0.2) is 41.3 Å². The predicted octanol–water partition coefficient (Wildman–Crippen LogP) is 0.863. The van der Waals surface area contributed by atoms with E-state index < -0.39 is 10.0 Å². The van der Waals surface area contributed by atoms with Gasteiger partial charge in [0.05, 0.1) is 6.20 Å². The lowest BCUT2D eigenvalue weighted by atomic mass is 10.00. The standard InChI is InChI=1S/C12H22N4O2S/c1-3-11-14-8-12(15-11)19(17,18)16-7-5-4-6-10(16)9(2)13/h8-10H,3-7,13H2,1-2H3,(H,14,15). The van der Waals surface area contributed by atoms with Gasteiger partial charge in [0, 0.05) is 25.0 Å². The van der Waals surface area contributed by atoms with Crippen molar-refractivity contribution < 1.29 is 8.42 Å². The first-order valence-electron chi connectivity index (χ1n) is 6.78. The molecule has 0 bridgehead atoms. The number of aromatic nitrogens is 2. The van der Waals surface area contributed by atoms with E-state index in [0.717, 1.165) is 19.3 Å². The van der Waals surface area contributed by atoms with Gasteiger partial charge in [0.15, 0.2) is 5.03 Å². The van der Waals surface area contributed by atoms with Crippen molar-refractivity contribution in [1.29, 1.82) is 0 Å². The number of hydrogen-bond acceptors (Lipinski definition) is 4. The fourth-order valence-corrected chi connectivity index (χ4v) is 4.24. The zero-order chi connectivity index (χ0) is 14.0. The molecule has 1 saturated heterocycles. The van der Waals surface area contributed by atoms with Crippen LogP contribution in [-0.2, 0) is 16.4 Å². The Kier molecular flexibility index (Phi) is 4.27. The van der Waals surface area contributed by atoms with E-state index in [1.54, 1.807) is 0 Å². The first kappa shape index (κ1) is 14.5. The van der Waals surface area contributed by atoms with Gasteiger partial charge >= 0.3 is 0 Å². The number of sulfonamides is 1. The molecule has 0 radical (unpaired) electrons. The Balaban J connectivity index is 2.31. The number of H-pyrrole nitrogens is 1. The number of nitrogens with one attached hydrogen (secondary N) is 1. The van der Waals surface area contributed by atoms with Crippen molar-refractivity contribution in [3.8, 4) is 0 Å². The summed E-state index contributed by atoms with van der Waals surface area (Å²) in [5, 5.41) is 0.178. The number of piperidine rings is 1. The molecule has 19 heavy (non-hydrogen) atoms. The van der Waals surface area contributed by atoms with Gasteiger partial charge in [-0.25, -0.2) is 13.4 Å². The number of aryl methyl sites for hydroxylation is 1. The molecule has 0 aromatic carbocycles. The van der Waals surface area contributed by atoms with Gasteiger partial charge < -0.3 is 10.7 Å². The zero-order valence-corrected chi connectivity index (χ0v) is 12.3. The fraction of sp³-hybridized carbons (Fsp3) is 0.750. The highest BCUT2D eigenvalue weighted by Crippen LogP contribution is 2.25. The summed E-state index contributed by atoms with van der Waals surface area (Å²) >= 11 is 0. The predicted molar refractivity (Wildman–Crippen MR) is 73.1 cm³/mol. The van der Waals surface area contributed by atoms with Crippen molar-refractivity contribution in [1.82, 2.24) is 14.3 Å². The van der Waals surface area contributed by atoms with Crippen molar-refractivity contribution in [3.63, 3.8) is 0 Å². The smallest absolute Gasteiger partial charge is 0.260 e. The Labute approximate surface area is 114 Å². The highest BCUT2D eigenvalue weighted by atomic mass is 32.2. The fourth-order valence-electron chi connectivity index (χ4n) is 2.53. The Morgan fingerprint density at radius 1 is 1.58 bits per heavy atom. The molecule has 108 valence electrons. The van der Waals surface area contributed by atoms with E-state index in [1.165, 1.54) is 10.5 Å². The quantitative estimate of drug-likeness (QED) is 0.858. The van der Waals surface area contributed by atoms with Crippen molar-refractivity contribution in [2.45, 2.75) is 56.6 Å². The van der Waals surface area contributed by atoms with Gasteiger partial charge in [-0.05, 0) is 19.8 Å². The first-order chi connectivity index (χ1) is 8.96. The molecular formula is C12H22N4O2S. The molecule has 0 saturated carbocycles. The van der Waals surface area contributed by atoms with Crippen LogP contribution in [0.2, 0.25) is 0 Å². The van der Waals surface area contributed by atoms with Crippen molar-refractivity contribution >= 4 is 10.0 Å². The normalized spacial score (nSPS) is 23.4. The number of rotatable bonds is 4. The maximum Gasteiger partial charge on any atom is 0.260 e. The lowest BCUT2D eigenvalue weighted by molar-refractivity contribution is 0.227. The maximum atomic E-state index is 12.6. The molecule has 3 N–H and O–H groups in total. The lowest BCUT2D eigenvalue weighted by Gasteiger charge is -2.36. The van der Waals surface area contributed by atoms with Crippen LogP contribution in [0.1, 0.15) is 38.9 Å². The minimum atomic E-state index is -3.51. The topological polar surface area (TPSA) is 92.1 Å². The molecule has 7 heteroatoms. The highest BCUT2D eigenvalue weighted by molar-refractivity contribution is 7.89. The Hall–Kier alpha value is -0.920. The summed E-state index contributed by atoms with van der Waals surface area (Å²) in [4.78, 5) is 6.95. The molecule has 1 aromatic rings. The average Bonchev–Trinajstić information content (AvgIpc) is 2.88. The molecular weight excluding hydrogens is 264 g/mol. The molecule has 1 aromatic heterocycles. The minimum absolute atomic E-state index is 0.118. The molecule has 2 rings (SSSR count). The summed E-state index contributed by atoms with van der Waals surface area (Å²) in [6, 6.07) is -0.282. The molecule has 6 nitrogen and oxygen atoms in total. The van der Waals surface area contributed by atoms with Crippen LogP contribution >= 0.6 is 0 Å². The number of nitrogens with two attached hydrogens (primary N) is 1. The van der Waals surface area contributed by atoms with Gasteiger partial charge in [0.1, 0.15) is 5.82 Å². The Morgan fingerprint density at radius 2 is 2.32 bits per heavy atom. The van der Waals surface area contributed by atoms with Gasteiger partial charge in [-0.1, -0.05) is 13.3 Å². The van der Waals surface area contributed by atoms with Crippen LogP contribution < -0.4 is 5.73 Å². The third-order valence-corrected chi connectivity index (χ3v) is 5.47. The maximum absolute atomic E-state index is 12.6. The molecule has 1 fully saturated rings. The largest absolute Gasteiger partial charge is 0.332 e. The summed E-state index contributed by atoms with van der Waals surface area (Å²) in [5.74, 6) is 0.688. The van der Waals surface area contributed by atoms with Gasteiger partial charge in [-0.3, -0.25) is 0 Å². The van der Waals surface area contributed by atoms with E-state index in [0.29, 0.717) is 18.8 Å². The third-order valence-electron chi connectivity index (χ3n) is 3.63. The molecule has 2 atom stereocenters. The minimum Gasteiger partial charge on any atom is -0.332 e. The second-order valence-electron chi connectivity index (χ2n) is 5.09. The molecule has 1 aliphatic heterocycles. The van der Waals surface area contributed by atoms with Gasteiger partial charge in [-0.15, -0.1) is 0 Å². The summed E-state index contributed by atoms with van der Waals surface area (Å²) in [6.07, 6.45) is 4.83. The first-order valence-corrected chi connectivity index (χ1v) is 8.22. The highest BCUT2D eigenvalue weighted by Gasteiger charge is 2.36. The summed E-state index contributed by atoms with van der Waals surface area (Å²) < 4.78 is 26.8. The second-order valence-corrected chi connectivity index (χ2v) is 6.94. The van der Waals surface area contributed by atoms with Crippen molar-refractivity contribution in [3.05, 3.63) is 12.0 Å². The number of imidazole rings is 1. The Bertz CT molecular complexity index is 524. The summed E-state index contributed by atoms with van der Waals surface area (Å²) in [5.41, 5.74) is 5.93. The summed E-state index contributed by atoms with van der Waals surface area (Å²) in [7, 11) is -3.51. The van der Waals surface area contributed by atoms with Gasteiger partial charge in [0.25, 0.3) is 10.0 Å². The molecule has 1 aliphatic rings. The lowest BCUT2D eigenvalue weighted by Crippen LogP contribution is -2.51. The molecule has 2 unspecified atom stereocenters. The summed E-state index contributed by atoms with van der Waals surface area (Å²) in [6.45, 7) is 4.33. The van der Waals surface area contributed by atoms with Crippen LogP contribution in [0.4, 0.5) is 0 Å². The number of nitrogens with zero attached hydrogens (tertiary/aromatic N) is 2. The van der Waals surface area contributed by atoms with E-state index in [2.05, 4.69) is 9.97 Å². The zero-order valence-electron chi connectivity index (χ0n) is 11.5. The molecule has 0 spiro atoms. The number of hydrogen-bond donors (Lipinski definition) is 2. The number of aromatic amines is 1. The van der Waals surface area contributed by atoms with Gasteiger partial charge in [0.2, 0.25) is 0 Å². The van der Waals surface area contributed by atoms with Gasteiger partial charge in [-0.2, -0.15) is 4.31 Å².